The molecule has 0 bridgehead atoms. The average Bonchev–Trinajstić information content (AvgIpc) is 2.74. The maximum atomic E-state index is 12.5. The quantitative estimate of drug-likeness (QED) is 0.621. The van der Waals surface area contributed by atoms with Crippen molar-refractivity contribution in [2.75, 3.05) is 13.7 Å². The number of esters is 1. The minimum Gasteiger partial charge on any atom is -0.507 e. The summed E-state index contributed by atoms with van der Waals surface area (Å²) in [6.07, 6.45) is 3.97. The van der Waals surface area contributed by atoms with Crippen LogP contribution in [0.3, 0.4) is 0 Å². The van der Waals surface area contributed by atoms with Gasteiger partial charge in [-0.2, -0.15) is 5.26 Å². The fourth-order valence-electron chi connectivity index (χ4n) is 3.70. The molecule has 2 N–H and O–H groups in total. The molecule has 0 atom stereocenters. The van der Waals surface area contributed by atoms with Crippen LogP contribution in [-0.4, -0.2) is 46.2 Å². The van der Waals surface area contributed by atoms with Crippen molar-refractivity contribution in [1.82, 2.24) is 4.90 Å². The van der Waals surface area contributed by atoms with Crippen LogP contribution < -0.4 is 0 Å². The largest absolute Gasteiger partial charge is 0.507 e. The van der Waals surface area contributed by atoms with Crippen LogP contribution >= 0.6 is 0 Å². The molecule has 2 aromatic carbocycles. The highest BCUT2D eigenvalue weighted by Crippen LogP contribution is 2.36. The Hall–Kier alpha value is -3.27. The normalized spacial score (nSPS) is 15.6. The first-order chi connectivity index (χ1) is 13.4. The average molecular weight is 382 g/mol. The molecule has 0 spiro atoms. The number of nitrogens with zero attached hydrogens (tertiary/aromatic N) is 2. The van der Waals surface area contributed by atoms with Gasteiger partial charge in [0.05, 0.1) is 6.07 Å². The second kappa shape index (κ2) is 7.77. The standard InChI is InChI=1S/C21H22N2O5/c1-23(21(13-22)9-5-2-6-10-21)18(25)12-28-20(27)16-11-17(24)14-7-3-4-8-15(14)19(16)26/h3-4,7-8,11,24,26H,2,5-6,9-10,12H2,1H3. The molecule has 146 valence electrons. The number of benzene rings is 2. The van der Waals surface area contributed by atoms with E-state index in [0.717, 1.165) is 25.3 Å². The number of ether oxygens (including phenoxy) is 1. The third-order valence-electron chi connectivity index (χ3n) is 5.45. The summed E-state index contributed by atoms with van der Waals surface area (Å²) in [5.41, 5.74) is -1.09. The molecule has 2 aromatic rings. The Morgan fingerprint density at radius 2 is 1.82 bits per heavy atom. The van der Waals surface area contributed by atoms with Gasteiger partial charge in [-0.25, -0.2) is 4.79 Å². The van der Waals surface area contributed by atoms with E-state index in [2.05, 4.69) is 6.07 Å². The lowest BCUT2D eigenvalue weighted by Crippen LogP contribution is -2.51. The zero-order chi connectivity index (χ0) is 20.3. The Labute approximate surface area is 162 Å². The molecule has 0 aliphatic heterocycles. The molecular weight excluding hydrogens is 360 g/mol. The summed E-state index contributed by atoms with van der Waals surface area (Å²) in [5, 5.41) is 30.7. The van der Waals surface area contributed by atoms with Gasteiger partial charge in [-0.15, -0.1) is 0 Å². The SMILES string of the molecule is CN(C(=O)COC(=O)c1cc(O)c2ccccc2c1O)C1(C#N)CCCCC1. The van der Waals surface area contributed by atoms with Gasteiger partial charge in [0.15, 0.2) is 6.61 Å². The minimum absolute atomic E-state index is 0.172. The summed E-state index contributed by atoms with van der Waals surface area (Å²) in [6, 6.07) is 9.91. The number of phenolic OH excluding ortho intramolecular Hbond substituents is 2. The van der Waals surface area contributed by atoms with Gasteiger partial charge in [0.1, 0.15) is 22.6 Å². The highest BCUT2D eigenvalue weighted by molar-refractivity contribution is 6.04. The predicted molar refractivity (Wildman–Crippen MR) is 102 cm³/mol. The smallest absolute Gasteiger partial charge is 0.342 e. The number of likely N-dealkylation sites (N-methyl/N-ethyl adjacent to an activating group) is 1. The number of hydrogen-bond donors (Lipinski definition) is 2. The molecule has 1 aliphatic carbocycles. The Bertz CT molecular complexity index is 957. The molecule has 0 unspecified atom stereocenters. The van der Waals surface area contributed by atoms with Gasteiger partial charge >= 0.3 is 5.97 Å². The Kier molecular flexibility index (Phi) is 5.41. The molecule has 3 rings (SSSR count). The molecule has 1 fully saturated rings. The fraction of sp³-hybridized carbons (Fsp3) is 0.381. The molecule has 1 aliphatic rings. The summed E-state index contributed by atoms with van der Waals surface area (Å²) in [7, 11) is 1.55. The number of amides is 1. The molecule has 28 heavy (non-hydrogen) atoms. The third kappa shape index (κ3) is 3.46. The van der Waals surface area contributed by atoms with Crippen LogP contribution in [0.25, 0.3) is 10.8 Å². The zero-order valence-corrected chi connectivity index (χ0v) is 15.6. The van der Waals surface area contributed by atoms with Gasteiger partial charge < -0.3 is 19.8 Å². The summed E-state index contributed by atoms with van der Waals surface area (Å²) in [6.45, 7) is -0.550. The number of carbonyl (C=O) groups excluding carboxylic acids is 2. The van der Waals surface area contributed by atoms with Crippen LogP contribution in [0, 0.1) is 11.3 Å². The van der Waals surface area contributed by atoms with E-state index >= 15 is 0 Å². The molecule has 1 saturated carbocycles. The second-order valence-corrected chi connectivity index (χ2v) is 7.07. The van der Waals surface area contributed by atoms with Crippen molar-refractivity contribution in [2.45, 2.75) is 37.6 Å². The van der Waals surface area contributed by atoms with Gasteiger partial charge in [0.25, 0.3) is 5.91 Å². The molecule has 0 aromatic heterocycles. The van der Waals surface area contributed by atoms with Crippen LogP contribution in [0.4, 0.5) is 0 Å². The van der Waals surface area contributed by atoms with Crippen molar-refractivity contribution in [1.29, 1.82) is 5.26 Å². The van der Waals surface area contributed by atoms with E-state index in [-0.39, 0.29) is 17.1 Å². The van der Waals surface area contributed by atoms with Crippen LogP contribution in [-0.2, 0) is 9.53 Å². The Morgan fingerprint density at radius 3 is 2.46 bits per heavy atom. The van der Waals surface area contributed by atoms with Crippen molar-refractivity contribution in [3.05, 3.63) is 35.9 Å². The van der Waals surface area contributed by atoms with Crippen molar-refractivity contribution < 1.29 is 24.5 Å². The molecule has 7 nitrogen and oxygen atoms in total. The summed E-state index contributed by atoms with van der Waals surface area (Å²) >= 11 is 0. The summed E-state index contributed by atoms with van der Waals surface area (Å²) in [4.78, 5) is 26.2. The van der Waals surface area contributed by atoms with E-state index in [1.54, 1.807) is 31.3 Å². The van der Waals surface area contributed by atoms with Crippen molar-refractivity contribution in [2.24, 2.45) is 0 Å². The van der Waals surface area contributed by atoms with Crippen LogP contribution in [0.2, 0.25) is 0 Å². The first-order valence-electron chi connectivity index (χ1n) is 9.18. The molecular formula is C21H22N2O5. The number of carbonyl (C=O) groups is 2. The Morgan fingerprint density at radius 1 is 1.18 bits per heavy atom. The predicted octanol–water partition coefficient (Wildman–Crippen LogP) is 3.09. The van der Waals surface area contributed by atoms with Crippen LogP contribution in [0.1, 0.15) is 42.5 Å². The number of nitriles is 1. The lowest BCUT2D eigenvalue weighted by atomic mass is 9.81. The van der Waals surface area contributed by atoms with E-state index in [0.29, 0.717) is 23.6 Å². The topological polar surface area (TPSA) is 111 Å². The number of phenols is 2. The molecule has 1 amide bonds. The van der Waals surface area contributed by atoms with E-state index < -0.39 is 24.0 Å². The second-order valence-electron chi connectivity index (χ2n) is 7.07. The molecule has 7 heteroatoms. The molecule has 0 radical (unpaired) electrons. The summed E-state index contributed by atoms with van der Waals surface area (Å²) < 4.78 is 5.07. The minimum atomic E-state index is -0.921. The highest BCUT2D eigenvalue weighted by atomic mass is 16.5. The molecule has 0 saturated heterocycles. The van der Waals surface area contributed by atoms with Gasteiger partial charge in [0, 0.05) is 17.8 Å². The number of hydrogen-bond acceptors (Lipinski definition) is 6. The first-order valence-corrected chi connectivity index (χ1v) is 9.18. The maximum absolute atomic E-state index is 12.5. The lowest BCUT2D eigenvalue weighted by molar-refractivity contribution is -0.138. The van der Waals surface area contributed by atoms with E-state index in [4.69, 9.17) is 4.74 Å². The van der Waals surface area contributed by atoms with E-state index in [1.165, 1.54) is 4.90 Å². The van der Waals surface area contributed by atoms with Crippen molar-refractivity contribution in [3.63, 3.8) is 0 Å². The van der Waals surface area contributed by atoms with E-state index in [9.17, 15) is 25.1 Å². The van der Waals surface area contributed by atoms with E-state index in [1.807, 2.05) is 0 Å². The van der Waals surface area contributed by atoms with Crippen LogP contribution in [0.15, 0.2) is 30.3 Å². The van der Waals surface area contributed by atoms with Gasteiger partial charge in [-0.3, -0.25) is 4.79 Å². The number of aromatic hydroxyl groups is 2. The van der Waals surface area contributed by atoms with Gasteiger partial charge in [0.2, 0.25) is 0 Å². The Balaban J connectivity index is 1.74. The lowest BCUT2D eigenvalue weighted by Gasteiger charge is -2.38. The molecule has 0 heterocycles. The zero-order valence-electron chi connectivity index (χ0n) is 15.6. The first kappa shape index (κ1) is 19.5. The third-order valence-corrected chi connectivity index (χ3v) is 5.45. The van der Waals surface area contributed by atoms with Crippen LogP contribution in [0.5, 0.6) is 11.5 Å². The summed E-state index contributed by atoms with van der Waals surface area (Å²) in [5.74, 6) is -1.90. The monoisotopic (exact) mass is 382 g/mol. The van der Waals surface area contributed by atoms with Gasteiger partial charge in [-0.1, -0.05) is 43.5 Å². The number of fused-ring (bicyclic) bond motifs is 1. The number of rotatable bonds is 4. The fourth-order valence-corrected chi connectivity index (χ4v) is 3.70. The highest BCUT2D eigenvalue weighted by Gasteiger charge is 2.39. The van der Waals surface area contributed by atoms with Crippen molar-refractivity contribution in [3.8, 4) is 17.6 Å². The van der Waals surface area contributed by atoms with Gasteiger partial charge in [-0.05, 0) is 18.9 Å². The maximum Gasteiger partial charge on any atom is 0.342 e. The van der Waals surface area contributed by atoms with Crippen molar-refractivity contribution >= 4 is 22.6 Å².